The summed E-state index contributed by atoms with van der Waals surface area (Å²) >= 11 is 0. The van der Waals surface area contributed by atoms with Crippen molar-refractivity contribution >= 4 is 13.8 Å². The van der Waals surface area contributed by atoms with E-state index in [0.29, 0.717) is 6.42 Å². The van der Waals surface area contributed by atoms with Gasteiger partial charge < -0.3 is 30.1 Å². The van der Waals surface area contributed by atoms with E-state index in [0.717, 1.165) is 19.3 Å². The lowest BCUT2D eigenvalue weighted by Crippen LogP contribution is -2.33. The first kappa shape index (κ1) is 32.4. The standard InChI is InChI=1S/C22H45O10P/c1-2-3-4-5-6-7-8-9-10-11-12-13-14-15-21(26)30-18-20(25)22(27)32-33(28,29)31-17-19(24)16-23/h19-20,22-25,27H,2-18H2,1H3,(H,28,29)/t19-,20+,22?/m0/s1. The number of hydrogen-bond donors (Lipinski definition) is 5. The molecule has 33 heavy (non-hydrogen) atoms. The van der Waals surface area contributed by atoms with E-state index >= 15 is 0 Å². The molecule has 0 aliphatic carbocycles. The van der Waals surface area contributed by atoms with Gasteiger partial charge >= 0.3 is 13.8 Å². The number of carbonyl (C=O) groups excluding carboxylic acids is 1. The van der Waals surface area contributed by atoms with Crippen molar-refractivity contribution < 1.29 is 48.5 Å². The maximum absolute atomic E-state index is 11.7. The number of carbonyl (C=O) groups is 1. The third-order valence-electron chi connectivity index (χ3n) is 5.11. The van der Waals surface area contributed by atoms with Crippen molar-refractivity contribution in [1.82, 2.24) is 0 Å². The Labute approximate surface area is 197 Å². The van der Waals surface area contributed by atoms with Crippen molar-refractivity contribution in [1.29, 1.82) is 0 Å². The fourth-order valence-electron chi connectivity index (χ4n) is 3.09. The Morgan fingerprint density at radius 3 is 1.79 bits per heavy atom. The molecule has 198 valence electrons. The molecule has 0 rings (SSSR count). The second-order valence-electron chi connectivity index (χ2n) is 8.34. The second-order valence-corrected chi connectivity index (χ2v) is 9.75. The van der Waals surface area contributed by atoms with Crippen LogP contribution in [0.15, 0.2) is 0 Å². The minimum atomic E-state index is -4.78. The molecule has 4 atom stereocenters. The van der Waals surface area contributed by atoms with Gasteiger partial charge in [-0.25, -0.2) is 4.57 Å². The van der Waals surface area contributed by atoms with Crippen LogP contribution in [0.5, 0.6) is 0 Å². The van der Waals surface area contributed by atoms with Gasteiger partial charge in [0.15, 0.2) is 6.29 Å². The lowest BCUT2D eigenvalue weighted by molar-refractivity contribution is -0.161. The fraction of sp³-hybridized carbons (Fsp3) is 0.955. The summed E-state index contributed by atoms with van der Waals surface area (Å²) in [6.07, 6.45) is 10.4. The van der Waals surface area contributed by atoms with Gasteiger partial charge in [-0.1, -0.05) is 84.0 Å². The van der Waals surface area contributed by atoms with Gasteiger partial charge in [0.05, 0.1) is 13.2 Å². The number of aliphatic hydroxyl groups excluding tert-OH is 4. The summed E-state index contributed by atoms with van der Waals surface area (Å²) in [6, 6.07) is 0. The molecule has 0 aliphatic rings. The van der Waals surface area contributed by atoms with Crippen LogP contribution in [0, 0.1) is 0 Å². The normalized spacial score (nSPS) is 16.2. The minimum absolute atomic E-state index is 0.183. The van der Waals surface area contributed by atoms with Crippen LogP contribution in [0.2, 0.25) is 0 Å². The lowest BCUT2D eigenvalue weighted by Gasteiger charge is -2.21. The van der Waals surface area contributed by atoms with E-state index in [2.05, 4.69) is 16.0 Å². The maximum Gasteiger partial charge on any atom is 0.474 e. The Morgan fingerprint density at radius 1 is 0.818 bits per heavy atom. The molecule has 5 N–H and O–H groups in total. The molecule has 0 aromatic rings. The molecule has 0 aliphatic heterocycles. The van der Waals surface area contributed by atoms with Gasteiger partial charge in [-0.15, -0.1) is 0 Å². The van der Waals surface area contributed by atoms with Crippen LogP contribution >= 0.6 is 7.82 Å². The number of hydrogen-bond acceptors (Lipinski definition) is 9. The highest BCUT2D eigenvalue weighted by Gasteiger charge is 2.31. The van der Waals surface area contributed by atoms with Crippen LogP contribution in [0.4, 0.5) is 0 Å². The quantitative estimate of drug-likeness (QED) is 0.0609. The van der Waals surface area contributed by atoms with Crippen molar-refractivity contribution in [3.05, 3.63) is 0 Å². The largest absolute Gasteiger partial charge is 0.474 e. The van der Waals surface area contributed by atoms with E-state index in [1.54, 1.807) is 0 Å². The highest BCUT2D eigenvalue weighted by Crippen LogP contribution is 2.44. The third-order valence-corrected chi connectivity index (χ3v) is 6.07. The van der Waals surface area contributed by atoms with Gasteiger partial charge in [0.2, 0.25) is 0 Å². The molecule has 0 bridgehead atoms. The molecule has 0 amide bonds. The first-order chi connectivity index (χ1) is 15.7. The van der Waals surface area contributed by atoms with E-state index in [1.165, 1.54) is 57.8 Å². The topological polar surface area (TPSA) is 163 Å². The van der Waals surface area contributed by atoms with Crippen molar-refractivity contribution in [2.24, 2.45) is 0 Å². The lowest BCUT2D eigenvalue weighted by atomic mass is 10.0. The summed E-state index contributed by atoms with van der Waals surface area (Å²) in [5, 5.41) is 37.0. The SMILES string of the molecule is CCCCCCCCCCCCCCCC(=O)OC[C@@H](O)C(O)OP(=O)(O)OC[C@@H](O)CO. The number of rotatable bonds is 23. The molecule has 0 spiro atoms. The van der Waals surface area contributed by atoms with Crippen molar-refractivity contribution in [3.8, 4) is 0 Å². The number of phosphoric ester groups is 1. The average molecular weight is 501 g/mol. The Balaban J connectivity index is 3.69. The molecular weight excluding hydrogens is 455 g/mol. The van der Waals surface area contributed by atoms with E-state index in [4.69, 9.17) is 14.9 Å². The van der Waals surface area contributed by atoms with E-state index < -0.39 is 52.1 Å². The van der Waals surface area contributed by atoms with E-state index in [1.807, 2.05) is 0 Å². The van der Waals surface area contributed by atoms with Crippen molar-refractivity contribution in [2.75, 3.05) is 19.8 Å². The smallest absolute Gasteiger partial charge is 0.463 e. The summed E-state index contributed by atoms with van der Waals surface area (Å²) in [5.74, 6) is -0.543. The predicted molar refractivity (Wildman–Crippen MR) is 123 cm³/mol. The fourth-order valence-corrected chi connectivity index (χ4v) is 3.92. The summed E-state index contributed by atoms with van der Waals surface area (Å²) < 4.78 is 25.1. The molecule has 10 nitrogen and oxygen atoms in total. The number of unbranched alkanes of at least 4 members (excludes halogenated alkanes) is 12. The minimum Gasteiger partial charge on any atom is -0.463 e. The molecule has 2 unspecified atom stereocenters. The monoisotopic (exact) mass is 500 g/mol. The summed E-state index contributed by atoms with van der Waals surface area (Å²) in [6.45, 7) is 0.211. The molecule has 0 aromatic heterocycles. The van der Waals surface area contributed by atoms with Crippen LogP contribution in [0.1, 0.15) is 96.8 Å². The molecular formula is C22H45O10P. The van der Waals surface area contributed by atoms with Crippen molar-refractivity contribution in [3.63, 3.8) is 0 Å². The van der Waals surface area contributed by atoms with Gasteiger partial charge in [-0.05, 0) is 6.42 Å². The van der Waals surface area contributed by atoms with E-state index in [-0.39, 0.29) is 6.42 Å². The van der Waals surface area contributed by atoms with Gasteiger partial charge in [0.1, 0.15) is 18.8 Å². The zero-order chi connectivity index (χ0) is 25.0. The zero-order valence-electron chi connectivity index (χ0n) is 20.0. The van der Waals surface area contributed by atoms with Gasteiger partial charge in [0.25, 0.3) is 0 Å². The highest BCUT2D eigenvalue weighted by atomic mass is 31.2. The Kier molecular flexibility index (Phi) is 20.4. The predicted octanol–water partition coefficient (Wildman–Crippen LogP) is 3.18. The Morgan fingerprint density at radius 2 is 1.30 bits per heavy atom. The zero-order valence-corrected chi connectivity index (χ0v) is 20.9. The first-order valence-electron chi connectivity index (χ1n) is 12.2. The molecule has 0 saturated heterocycles. The number of aliphatic hydroxyl groups is 4. The molecule has 0 saturated carbocycles. The molecule has 0 fully saturated rings. The summed E-state index contributed by atoms with van der Waals surface area (Å²) in [5.41, 5.74) is 0. The van der Waals surface area contributed by atoms with Gasteiger partial charge in [-0.2, -0.15) is 0 Å². The van der Waals surface area contributed by atoms with Crippen LogP contribution in [0.25, 0.3) is 0 Å². The third kappa shape index (κ3) is 20.5. The first-order valence-corrected chi connectivity index (χ1v) is 13.7. The van der Waals surface area contributed by atoms with E-state index in [9.17, 15) is 24.5 Å². The van der Waals surface area contributed by atoms with Crippen LogP contribution in [0.3, 0.4) is 0 Å². The van der Waals surface area contributed by atoms with Crippen LogP contribution in [-0.2, 0) is 23.1 Å². The number of ether oxygens (including phenoxy) is 1. The summed E-state index contributed by atoms with van der Waals surface area (Å²) in [4.78, 5) is 21.1. The maximum atomic E-state index is 11.7. The van der Waals surface area contributed by atoms with Gasteiger partial charge in [0, 0.05) is 6.42 Å². The van der Waals surface area contributed by atoms with Crippen molar-refractivity contribution in [2.45, 2.75) is 115 Å². The Hall–Kier alpha value is -0.580. The molecule has 0 heterocycles. The van der Waals surface area contributed by atoms with Crippen LogP contribution in [-0.4, -0.2) is 69.6 Å². The molecule has 0 aromatic carbocycles. The van der Waals surface area contributed by atoms with Gasteiger partial charge in [-0.3, -0.25) is 13.8 Å². The summed E-state index contributed by atoms with van der Waals surface area (Å²) in [7, 11) is -4.78. The Bertz CT molecular complexity index is 519. The number of esters is 1. The molecule has 11 heteroatoms. The number of phosphoric acid groups is 1. The molecule has 0 radical (unpaired) electrons. The van der Waals surface area contributed by atoms with Crippen LogP contribution < -0.4 is 0 Å². The highest BCUT2D eigenvalue weighted by molar-refractivity contribution is 7.47. The average Bonchev–Trinajstić information content (AvgIpc) is 2.78. The second kappa shape index (κ2) is 20.8.